The van der Waals surface area contributed by atoms with Crippen molar-refractivity contribution in [2.75, 3.05) is 19.0 Å². The summed E-state index contributed by atoms with van der Waals surface area (Å²) in [4.78, 5) is 24.1. The molecule has 0 unspecified atom stereocenters. The predicted octanol–water partition coefficient (Wildman–Crippen LogP) is 4.73. The molecule has 2 rings (SSSR count). The number of carbonyl (C=O) groups is 2. The van der Waals surface area contributed by atoms with Gasteiger partial charge in [-0.05, 0) is 65.5 Å². The maximum atomic E-state index is 12.1. The Kier molecular flexibility index (Phi) is 9.52. The van der Waals surface area contributed by atoms with Gasteiger partial charge in [0.05, 0.1) is 24.4 Å². The number of methoxy groups -OCH3 is 1. The number of benzene rings is 2. The molecule has 0 heterocycles. The maximum absolute atomic E-state index is 12.1. The number of amides is 2. The molecule has 0 aliphatic rings. The molecule has 0 bridgehead atoms. The van der Waals surface area contributed by atoms with E-state index >= 15 is 0 Å². The van der Waals surface area contributed by atoms with E-state index in [1.165, 1.54) is 6.21 Å². The summed E-state index contributed by atoms with van der Waals surface area (Å²) in [6.07, 6.45) is 3.12. The van der Waals surface area contributed by atoms with Crippen LogP contribution in [0.5, 0.6) is 11.5 Å². The minimum Gasteiger partial charge on any atom is -0.493 e. The van der Waals surface area contributed by atoms with Crippen LogP contribution in [0.15, 0.2) is 39.9 Å². The van der Waals surface area contributed by atoms with Crippen LogP contribution in [-0.4, -0.2) is 31.7 Å². The molecule has 31 heavy (non-hydrogen) atoms. The monoisotopic (exact) mass is 489 g/mol. The second-order valence-electron chi connectivity index (χ2n) is 7.07. The van der Waals surface area contributed by atoms with E-state index in [1.54, 1.807) is 13.2 Å². The van der Waals surface area contributed by atoms with Gasteiger partial charge in [-0.3, -0.25) is 9.59 Å². The second-order valence-corrected chi connectivity index (χ2v) is 7.93. The lowest BCUT2D eigenvalue weighted by atomic mass is 10.1. The summed E-state index contributed by atoms with van der Waals surface area (Å²) in [6.45, 7) is 6.57. The van der Waals surface area contributed by atoms with E-state index in [1.807, 2.05) is 38.1 Å². The first kappa shape index (κ1) is 24.4. The molecule has 0 atom stereocenters. The number of carbonyl (C=O) groups excluding carboxylic acids is 2. The van der Waals surface area contributed by atoms with Crippen molar-refractivity contribution in [1.29, 1.82) is 0 Å². The van der Waals surface area contributed by atoms with Gasteiger partial charge in [-0.15, -0.1) is 0 Å². The van der Waals surface area contributed by atoms with Gasteiger partial charge < -0.3 is 14.8 Å². The Morgan fingerprint density at radius 3 is 2.61 bits per heavy atom. The van der Waals surface area contributed by atoms with Crippen molar-refractivity contribution < 1.29 is 19.1 Å². The molecular weight excluding hydrogens is 462 g/mol. The van der Waals surface area contributed by atoms with Gasteiger partial charge in [0.1, 0.15) is 6.42 Å². The summed E-state index contributed by atoms with van der Waals surface area (Å²) in [7, 11) is 1.56. The fourth-order valence-electron chi connectivity index (χ4n) is 2.79. The zero-order valence-electron chi connectivity index (χ0n) is 18.3. The number of halogens is 1. The van der Waals surface area contributed by atoms with E-state index in [9.17, 15) is 9.59 Å². The van der Waals surface area contributed by atoms with Gasteiger partial charge in [0.25, 0.3) is 0 Å². The van der Waals surface area contributed by atoms with E-state index in [2.05, 4.69) is 38.7 Å². The van der Waals surface area contributed by atoms with E-state index in [4.69, 9.17) is 9.47 Å². The number of hydrazone groups is 1. The van der Waals surface area contributed by atoms with Crippen molar-refractivity contribution in [3.63, 3.8) is 0 Å². The molecule has 7 nitrogen and oxygen atoms in total. The molecule has 2 aromatic carbocycles. The third-order valence-corrected chi connectivity index (χ3v) is 4.97. The average Bonchev–Trinajstić information content (AvgIpc) is 2.71. The fraction of sp³-hybridized carbons (Fsp3) is 0.348. The minimum atomic E-state index is -0.510. The van der Waals surface area contributed by atoms with Crippen LogP contribution < -0.4 is 20.2 Å². The Morgan fingerprint density at radius 1 is 1.16 bits per heavy atom. The van der Waals surface area contributed by atoms with Crippen LogP contribution in [0.1, 0.15) is 42.9 Å². The van der Waals surface area contributed by atoms with Gasteiger partial charge in [0.15, 0.2) is 11.5 Å². The molecule has 0 fully saturated rings. The minimum absolute atomic E-state index is 0.331. The number of aryl methyl sites for hydroxylation is 2. The molecule has 0 saturated heterocycles. The van der Waals surface area contributed by atoms with Crippen molar-refractivity contribution in [3.8, 4) is 11.5 Å². The standard InChI is InChI=1S/C23H28BrN3O4/c1-5-6-9-31-23-18(24)11-17(12-20(23)30-4)14-25-27-22(29)13-21(28)26-19-8-7-15(2)10-16(19)3/h7-8,10-12,14H,5-6,9,13H2,1-4H3,(H,26,28)(H,27,29). The van der Waals surface area contributed by atoms with Crippen LogP contribution in [0, 0.1) is 13.8 Å². The van der Waals surface area contributed by atoms with Crippen molar-refractivity contribution >= 4 is 39.6 Å². The average molecular weight is 490 g/mol. The van der Waals surface area contributed by atoms with Crippen molar-refractivity contribution in [2.45, 2.75) is 40.0 Å². The van der Waals surface area contributed by atoms with Crippen molar-refractivity contribution in [3.05, 3.63) is 51.5 Å². The first-order chi connectivity index (χ1) is 14.8. The number of unbranched alkanes of at least 4 members (excludes halogenated alkanes) is 1. The normalized spacial score (nSPS) is 10.7. The van der Waals surface area contributed by atoms with Crippen LogP contribution in [0.2, 0.25) is 0 Å². The maximum Gasteiger partial charge on any atom is 0.249 e. The zero-order valence-corrected chi connectivity index (χ0v) is 19.8. The van der Waals surface area contributed by atoms with E-state index in [0.29, 0.717) is 29.4 Å². The molecule has 2 aromatic rings. The SMILES string of the molecule is CCCCOc1c(Br)cc(C=NNC(=O)CC(=O)Nc2ccc(C)cc2C)cc1OC. The Balaban J connectivity index is 1.92. The highest BCUT2D eigenvalue weighted by molar-refractivity contribution is 9.10. The first-order valence-electron chi connectivity index (χ1n) is 10.0. The number of anilines is 1. The molecule has 166 valence electrons. The van der Waals surface area contributed by atoms with Crippen molar-refractivity contribution in [1.82, 2.24) is 5.43 Å². The van der Waals surface area contributed by atoms with Crippen LogP contribution in [-0.2, 0) is 9.59 Å². The summed E-state index contributed by atoms with van der Waals surface area (Å²) in [6, 6.07) is 9.26. The molecule has 2 N–H and O–H groups in total. The summed E-state index contributed by atoms with van der Waals surface area (Å²) in [5.41, 5.74) is 5.79. The second kappa shape index (κ2) is 12.1. The molecule has 0 aliphatic carbocycles. The highest BCUT2D eigenvalue weighted by atomic mass is 79.9. The van der Waals surface area contributed by atoms with Crippen LogP contribution in [0.25, 0.3) is 0 Å². The Labute approximate surface area is 191 Å². The quantitative estimate of drug-likeness (QED) is 0.218. The number of hydrogen-bond donors (Lipinski definition) is 2. The van der Waals surface area contributed by atoms with Gasteiger partial charge in [-0.2, -0.15) is 5.10 Å². The van der Waals surface area contributed by atoms with Crippen LogP contribution in [0.3, 0.4) is 0 Å². The zero-order chi connectivity index (χ0) is 22.8. The number of rotatable bonds is 10. The molecule has 2 amide bonds. The Morgan fingerprint density at radius 2 is 1.94 bits per heavy atom. The van der Waals surface area contributed by atoms with Gasteiger partial charge in [-0.1, -0.05) is 31.0 Å². The number of hydrogen-bond acceptors (Lipinski definition) is 5. The lowest BCUT2D eigenvalue weighted by Crippen LogP contribution is -2.24. The van der Waals surface area contributed by atoms with Crippen molar-refractivity contribution in [2.24, 2.45) is 5.10 Å². The predicted molar refractivity (Wildman–Crippen MR) is 126 cm³/mol. The number of nitrogens with zero attached hydrogens (tertiary/aromatic N) is 1. The highest BCUT2D eigenvalue weighted by Crippen LogP contribution is 2.36. The largest absolute Gasteiger partial charge is 0.493 e. The van der Waals surface area contributed by atoms with Crippen LogP contribution >= 0.6 is 15.9 Å². The molecule has 0 aromatic heterocycles. The van der Waals surface area contributed by atoms with E-state index in [0.717, 1.165) is 28.4 Å². The molecular formula is C23H28BrN3O4. The van der Waals surface area contributed by atoms with Gasteiger partial charge in [-0.25, -0.2) is 5.43 Å². The molecule has 0 radical (unpaired) electrons. The molecule has 0 spiro atoms. The first-order valence-corrected chi connectivity index (χ1v) is 10.8. The lowest BCUT2D eigenvalue weighted by molar-refractivity contribution is -0.126. The third-order valence-electron chi connectivity index (χ3n) is 4.38. The fourth-order valence-corrected chi connectivity index (χ4v) is 3.36. The molecule has 0 saturated carbocycles. The topological polar surface area (TPSA) is 89.0 Å². The van der Waals surface area contributed by atoms with Gasteiger partial charge in [0, 0.05) is 5.69 Å². The summed E-state index contributed by atoms with van der Waals surface area (Å²) < 4.78 is 11.9. The highest BCUT2D eigenvalue weighted by Gasteiger charge is 2.12. The van der Waals surface area contributed by atoms with Crippen LogP contribution in [0.4, 0.5) is 5.69 Å². The number of ether oxygens (including phenoxy) is 2. The third kappa shape index (κ3) is 7.71. The smallest absolute Gasteiger partial charge is 0.249 e. The molecule has 8 heteroatoms. The Hall–Kier alpha value is -2.87. The Bertz CT molecular complexity index is 960. The van der Waals surface area contributed by atoms with E-state index < -0.39 is 11.8 Å². The summed E-state index contributed by atoms with van der Waals surface area (Å²) >= 11 is 3.48. The van der Waals surface area contributed by atoms with Gasteiger partial charge in [0.2, 0.25) is 11.8 Å². The van der Waals surface area contributed by atoms with E-state index in [-0.39, 0.29) is 6.42 Å². The van der Waals surface area contributed by atoms with Gasteiger partial charge >= 0.3 is 0 Å². The summed E-state index contributed by atoms with van der Waals surface area (Å²) in [5, 5.41) is 6.67. The summed E-state index contributed by atoms with van der Waals surface area (Å²) in [5.74, 6) is 0.271. The lowest BCUT2D eigenvalue weighted by Gasteiger charge is -2.13. The number of nitrogens with one attached hydrogen (secondary N) is 2. The molecule has 0 aliphatic heterocycles.